The Balaban J connectivity index is 0.00000387. The lowest BCUT2D eigenvalue weighted by atomic mass is 9.79. The maximum Gasteiger partial charge on any atom is 0.248 e. The number of carbonyl (C=O) groups is 2. The molecule has 2 aromatic carbocycles. The SMILES string of the molecule is CCCCN1C(=O)[C@@H]([C@H](O)C2CCOCC2)NC(=O)C12CCN(Cc1ccc(Oc3ccc(Br)cc3)cc1)CC2.Cl. The van der Waals surface area contributed by atoms with E-state index in [-0.39, 0.29) is 30.1 Å². The maximum absolute atomic E-state index is 13.8. The van der Waals surface area contributed by atoms with E-state index >= 15 is 0 Å². The molecule has 0 saturated carbocycles. The van der Waals surface area contributed by atoms with Gasteiger partial charge in [-0.05, 0) is 80.0 Å². The molecule has 3 heterocycles. The van der Waals surface area contributed by atoms with Crippen molar-refractivity contribution in [2.45, 2.75) is 69.7 Å². The molecule has 2 aromatic rings. The molecule has 0 radical (unpaired) electrons. The highest BCUT2D eigenvalue weighted by Crippen LogP contribution is 2.36. The number of hydrogen-bond acceptors (Lipinski definition) is 6. The first kappa shape index (κ1) is 31.8. The first-order valence-corrected chi connectivity index (χ1v) is 15.3. The zero-order valence-electron chi connectivity index (χ0n) is 23.6. The monoisotopic (exact) mass is 649 g/mol. The lowest BCUT2D eigenvalue weighted by Crippen LogP contribution is -2.75. The number of likely N-dealkylation sites (tertiary alicyclic amines) is 1. The van der Waals surface area contributed by atoms with Crippen molar-refractivity contribution in [1.82, 2.24) is 15.1 Å². The number of benzene rings is 2. The highest BCUT2D eigenvalue weighted by Gasteiger charge is 2.55. The quantitative estimate of drug-likeness (QED) is 0.401. The van der Waals surface area contributed by atoms with Crippen LogP contribution in [0.3, 0.4) is 0 Å². The van der Waals surface area contributed by atoms with Crippen LogP contribution in [0.1, 0.15) is 51.0 Å². The zero-order valence-corrected chi connectivity index (χ0v) is 26.0. The van der Waals surface area contributed by atoms with Gasteiger partial charge in [0.15, 0.2) is 0 Å². The molecule has 2 atom stereocenters. The third-order valence-corrected chi connectivity index (χ3v) is 9.17. The summed E-state index contributed by atoms with van der Waals surface area (Å²) in [4.78, 5) is 31.6. The maximum atomic E-state index is 13.8. The van der Waals surface area contributed by atoms with Crippen LogP contribution in [0.5, 0.6) is 11.5 Å². The minimum atomic E-state index is -0.891. The van der Waals surface area contributed by atoms with Crippen LogP contribution < -0.4 is 10.1 Å². The topological polar surface area (TPSA) is 91.3 Å². The summed E-state index contributed by atoms with van der Waals surface area (Å²) in [5, 5.41) is 14.1. The van der Waals surface area contributed by atoms with E-state index in [2.05, 4.69) is 45.2 Å². The number of carbonyl (C=O) groups excluding carboxylic acids is 2. The first-order valence-electron chi connectivity index (χ1n) is 14.5. The van der Waals surface area contributed by atoms with E-state index in [0.29, 0.717) is 58.5 Å². The van der Waals surface area contributed by atoms with E-state index in [0.717, 1.165) is 35.4 Å². The molecule has 3 aliphatic rings. The van der Waals surface area contributed by atoms with Crippen LogP contribution in [0, 0.1) is 5.92 Å². The Morgan fingerprint density at radius 2 is 1.66 bits per heavy atom. The minimum absolute atomic E-state index is 0. The summed E-state index contributed by atoms with van der Waals surface area (Å²) in [6, 6.07) is 15.0. The molecule has 3 aliphatic heterocycles. The summed E-state index contributed by atoms with van der Waals surface area (Å²) in [6.45, 7) is 5.99. The largest absolute Gasteiger partial charge is 0.457 e. The number of nitrogens with one attached hydrogen (secondary N) is 1. The predicted octanol–water partition coefficient (Wildman–Crippen LogP) is 4.91. The lowest BCUT2D eigenvalue weighted by Gasteiger charge is -2.52. The molecular formula is C31H41BrClN3O5. The van der Waals surface area contributed by atoms with Gasteiger partial charge in [0.05, 0.1) is 6.10 Å². The van der Waals surface area contributed by atoms with Crippen molar-refractivity contribution in [1.29, 1.82) is 0 Å². The smallest absolute Gasteiger partial charge is 0.248 e. The van der Waals surface area contributed by atoms with Crippen LogP contribution in [0.2, 0.25) is 0 Å². The third-order valence-electron chi connectivity index (χ3n) is 8.65. The van der Waals surface area contributed by atoms with E-state index in [9.17, 15) is 14.7 Å². The average molecular weight is 651 g/mol. The summed E-state index contributed by atoms with van der Waals surface area (Å²) < 4.78 is 12.4. The Morgan fingerprint density at radius 1 is 1.05 bits per heavy atom. The Kier molecular flexibility index (Phi) is 11.1. The number of piperazine rings is 1. The summed E-state index contributed by atoms with van der Waals surface area (Å²) in [6.07, 6.45) is 3.44. The van der Waals surface area contributed by atoms with Crippen LogP contribution >= 0.6 is 28.3 Å². The number of amides is 2. The van der Waals surface area contributed by atoms with Gasteiger partial charge in [0, 0.05) is 43.9 Å². The molecule has 41 heavy (non-hydrogen) atoms. The lowest BCUT2D eigenvalue weighted by molar-refractivity contribution is -0.166. The standard InChI is InChI=1S/C31H40BrN3O5.ClH/c1-2-3-16-35-29(37)27(28(36)23-12-19-39-20-13-23)33-30(38)31(35)14-17-34(18-15-31)21-22-4-8-25(9-5-22)40-26-10-6-24(32)7-11-26;/h4-11,23,27-28,36H,2-3,12-21H2,1H3,(H,33,38);1H/t27-,28-;/m1./s1. The summed E-state index contributed by atoms with van der Waals surface area (Å²) in [7, 11) is 0. The molecule has 1 spiro atoms. The number of piperidine rings is 1. The minimum Gasteiger partial charge on any atom is -0.457 e. The van der Waals surface area contributed by atoms with Crippen molar-refractivity contribution >= 4 is 40.2 Å². The van der Waals surface area contributed by atoms with Gasteiger partial charge < -0.3 is 24.8 Å². The fourth-order valence-corrected chi connectivity index (χ4v) is 6.44. The molecule has 0 aromatic heterocycles. The molecule has 0 unspecified atom stereocenters. The molecule has 3 fully saturated rings. The number of aliphatic hydroxyl groups excluding tert-OH is 1. The van der Waals surface area contributed by atoms with E-state index in [4.69, 9.17) is 9.47 Å². The van der Waals surface area contributed by atoms with Gasteiger partial charge in [-0.1, -0.05) is 41.4 Å². The van der Waals surface area contributed by atoms with Crippen molar-refractivity contribution < 1.29 is 24.2 Å². The second-order valence-electron chi connectivity index (χ2n) is 11.2. The number of nitrogens with zero attached hydrogens (tertiary/aromatic N) is 2. The Morgan fingerprint density at radius 3 is 2.27 bits per heavy atom. The second-order valence-corrected chi connectivity index (χ2v) is 12.2. The third kappa shape index (κ3) is 7.25. The van der Waals surface area contributed by atoms with Crippen molar-refractivity contribution in [3.63, 3.8) is 0 Å². The number of aliphatic hydroxyl groups is 1. The molecule has 0 bridgehead atoms. The number of unbranched alkanes of at least 4 members (excludes halogenated alkanes) is 1. The van der Waals surface area contributed by atoms with Crippen LogP contribution in [0.4, 0.5) is 0 Å². The van der Waals surface area contributed by atoms with Gasteiger partial charge in [0.1, 0.15) is 23.1 Å². The van der Waals surface area contributed by atoms with Crippen molar-refractivity contribution in [3.8, 4) is 11.5 Å². The Labute approximate surface area is 257 Å². The summed E-state index contributed by atoms with van der Waals surface area (Å²) >= 11 is 3.44. The van der Waals surface area contributed by atoms with Gasteiger partial charge in [-0.25, -0.2) is 0 Å². The van der Waals surface area contributed by atoms with Crippen molar-refractivity contribution in [2.75, 3.05) is 32.8 Å². The van der Waals surface area contributed by atoms with E-state index < -0.39 is 17.7 Å². The highest BCUT2D eigenvalue weighted by atomic mass is 79.9. The first-order chi connectivity index (χ1) is 19.4. The van der Waals surface area contributed by atoms with E-state index in [1.54, 1.807) is 0 Å². The van der Waals surface area contributed by atoms with Crippen LogP contribution in [-0.4, -0.2) is 77.3 Å². The fourth-order valence-electron chi connectivity index (χ4n) is 6.18. The molecule has 2 amide bonds. The molecule has 8 nitrogen and oxygen atoms in total. The van der Waals surface area contributed by atoms with Crippen molar-refractivity contribution in [2.24, 2.45) is 5.92 Å². The van der Waals surface area contributed by atoms with Gasteiger partial charge in [0.2, 0.25) is 11.8 Å². The Hall–Kier alpha value is -2.17. The fraction of sp³-hybridized carbons (Fsp3) is 0.548. The summed E-state index contributed by atoms with van der Waals surface area (Å²) in [5.41, 5.74) is 0.322. The molecule has 10 heteroatoms. The number of halogens is 2. The highest BCUT2D eigenvalue weighted by molar-refractivity contribution is 9.10. The number of hydrogen-bond donors (Lipinski definition) is 2. The molecule has 0 aliphatic carbocycles. The van der Waals surface area contributed by atoms with Crippen LogP contribution in [0.25, 0.3) is 0 Å². The van der Waals surface area contributed by atoms with Gasteiger partial charge in [0.25, 0.3) is 0 Å². The van der Waals surface area contributed by atoms with Crippen molar-refractivity contribution in [3.05, 3.63) is 58.6 Å². The second kappa shape index (κ2) is 14.3. The molecule has 224 valence electrons. The van der Waals surface area contributed by atoms with Gasteiger partial charge >= 0.3 is 0 Å². The van der Waals surface area contributed by atoms with Crippen LogP contribution in [-0.2, 0) is 20.9 Å². The molecule has 2 N–H and O–H groups in total. The summed E-state index contributed by atoms with van der Waals surface area (Å²) in [5.74, 6) is 1.27. The van der Waals surface area contributed by atoms with Gasteiger partial charge in [-0.3, -0.25) is 14.5 Å². The molecular weight excluding hydrogens is 610 g/mol. The molecule has 3 saturated heterocycles. The van der Waals surface area contributed by atoms with E-state index in [1.165, 1.54) is 5.56 Å². The number of ether oxygens (including phenoxy) is 2. The predicted molar refractivity (Wildman–Crippen MR) is 163 cm³/mol. The Bertz CT molecular complexity index is 1150. The molecule has 5 rings (SSSR count). The normalized spacial score (nSPS) is 22.2. The number of rotatable bonds is 9. The van der Waals surface area contributed by atoms with E-state index in [1.807, 2.05) is 41.3 Å². The van der Waals surface area contributed by atoms with Gasteiger partial charge in [-0.2, -0.15) is 0 Å². The average Bonchev–Trinajstić information content (AvgIpc) is 2.98. The van der Waals surface area contributed by atoms with Crippen LogP contribution in [0.15, 0.2) is 53.0 Å². The van der Waals surface area contributed by atoms with Gasteiger partial charge in [-0.15, -0.1) is 12.4 Å². The zero-order chi connectivity index (χ0) is 28.1.